The van der Waals surface area contributed by atoms with Crippen LogP contribution >= 0.6 is 11.6 Å². The third-order valence-electron chi connectivity index (χ3n) is 3.01. The van der Waals surface area contributed by atoms with Crippen molar-refractivity contribution in [2.45, 2.75) is 20.8 Å². The highest BCUT2D eigenvalue weighted by Crippen LogP contribution is 2.21. The molecule has 0 saturated heterocycles. The lowest BCUT2D eigenvalue weighted by Gasteiger charge is -2.04. The van der Waals surface area contributed by atoms with Gasteiger partial charge in [0, 0.05) is 5.02 Å². The van der Waals surface area contributed by atoms with Crippen LogP contribution in [0.4, 0.5) is 0 Å². The molecule has 0 N–H and O–H groups in total. The number of esters is 1. The van der Waals surface area contributed by atoms with Crippen molar-refractivity contribution in [2.24, 2.45) is 0 Å². The molecule has 0 atom stereocenters. The minimum Gasteiger partial charge on any atom is -0.461 e. The van der Waals surface area contributed by atoms with E-state index in [1.165, 1.54) is 6.92 Å². The Bertz CT molecular complexity index is 690. The number of rotatable bonds is 4. The Morgan fingerprint density at radius 1 is 1.29 bits per heavy atom. The van der Waals surface area contributed by atoms with Crippen molar-refractivity contribution in [3.63, 3.8) is 0 Å². The van der Waals surface area contributed by atoms with Crippen molar-refractivity contribution < 1.29 is 14.3 Å². The molecule has 0 fully saturated rings. The van der Waals surface area contributed by atoms with Crippen LogP contribution in [0.1, 0.15) is 40.4 Å². The molecular weight excluding hydrogens is 292 g/mol. The highest BCUT2D eigenvalue weighted by atomic mass is 35.5. The minimum atomic E-state index is -0.599. The van der Waals surface area contributed by atoms with E-state index in [1.54, 1.807) is 42.8 Å². The van der Waals surface area contributed by atoms with Crippen LogP contribution in [0, 0.1) is 6.92 Å². The lowest BCUT2D eigenvalue weighted by molar-refractivity contribution is 0.0516. The second-order valence-electron chi connectivity index (χ2n) is 4.47. The third-order valence-corrected chi connectivity index (χ3v) is 3.26. The average Bonchev–Trinajstić information content (AvgIpc) is 2.78. The van der Waals surface area contributed by atoms with Crippen molar-refractivity contribution >= 4 is 23.4 Å². The van der Waals surface area contributed by atoms with Gasteiger partial charge >= 0.3 is 5.97 Å². The first-order valence-electron chi connectivity index (χ1n) is 6.49. The summed E-state index contributed by atoms with van der Waals surface area (Å²) in [6.07, 6.45) is 0. The third kappa shape index (κ3) is 2.97. The van der Waals surface area contributed by atoms with Gasteiger partial charge in [-0.3, -0.25) is 4.79 Å². The molecule has 6 heteroatoms. The Kier molecular flexibility index (Phi) is 4.43. The Balaban J connectivity index is 2.58. The average molecular weight is 307 g/mol. The Morgan fingerprint density at radius 3 is 2.43 bits per heavy atom. The summed E-state index contributed by atoms with van der Waals surface area (Å²) in [5.41, 5.74) is 1.63. The Hall–Kier alpha value is -2.14. The first-order valence-corrected chi connectivity index (χ1v) is 6.87. The molecule has 110 valence electrons. The van der Waals surface area contributed by atoms with E-state index in [9.17, 15) is 9.59 Å². The molecule has 0 aliphatic carbocycles. The number of ketones is 1. The van der Waals surface area contributed by atoms with Gasteiger partial charge in [-0.05, 0) is 45.0 Å². The van der Waals surface area contributed by atoms with Gasteiger partial charge in [0.1, 0.15) is 0 Å². The topological polar surface area (TPSA) is 61.2 Å². The van der Waals surface area contributed by atoms with Crippen molar-refractivity contribution in [1.82, 2.24) is 9.78 Å². The summed E-state index contributed by atoms with van der Waals surface area (Å²) in [7, 11) is 0. The highest BCUT2D eigenvalue weighted by Gasteiger charge is 2.25. The molecule has 0 bridgehead atoms. The fraction of sp³-hybridized carbons (Fsp3) is 0.267. The molecule has 0 amide bonds. The van der Waals surface area contributed by atoms with Crippen molar-refractivity contribution in [1.29, 1.82) is 0 Å². The monoisotopic (exact) mass is 306 g/mol. The highest BCUT2D eigenvalue weighted by molar-refractivity contribution is 6.30. The SMILES string of the molecule is CCOC(=O)c1nn(-c2ccc(Cl)cc2)c(C)c1C(C)=O. The summed E-state index contributed by atoms with van der Waals surface area (Å²) in [5.74, 6) is -0.825. The predicted molar refractivity (Wildman–Crippen MR) is 79.3 cm³/mol. The van der Waals surface area contributed by atoms with E-state index in [1.807, 2.05) is 0 Å². The lowest BCUT2D eigenvalue weighted by Crippen LogP contribution is -2.10. The summed E-state index contributed by atoms with van der Waals surface area (Å²) < 4.78 is 6.49. The quantitative estimate of drug-likeness (QED) is 0.643. The van der Waals surface area contributed by atoms with Gasteiger partial charge in [-0.1, -0.05) is 11.6 Å². The molecule has 1 aromatic carbocycles. The number of hydrogen-bond acceptors (Lipinski definition) is 4. The summed E-state index contributed by atoms with van der Waals surface area (Å²) in [6, 6.07) is 6.97. The van der Waals surface area contributed by atoms with Crippen LogP contribution in [0.25, 0.3) is 5.69 Å². The van der Waals surface area contributed by atoms with E-state index in [0.29, 0.717) is 10.7 Å². The van der Waals surface area contributed by atoms with Gasteiger partial charge in [-0.2, -0.15) is 5.10 Å². The molecule has 5 nitrogen and oxygen atoms in total. The first kappa shape index (κ1) is 15.3. The van der Waals surface area contributed by atoms with E-state index in [-0.39, 0.29) is 23.6 Å². The number of hydrogen-bond donors (Lipinski definition) is 0. The number of aromatic nitrogens is 2. The predicted octanol–water partition coefficient (Wildman–Crippen LogP) is 3.21. The zero-order valence-corrected chi connectivity index (χ0v) is 12.8. The van der Waals surface area contributed by atoms with Crippen molar-refractivity contribution in [3.05, 3.63) is 46.2 Å². The van der Waals surface area contributed by atoms with Gasteiger partial charge in [0.2, 0.25) is 0 Å². The van der Waals surface area contributed by atoms with Crippen LogP contribution in [0.2, 0.25) is 5.02 Å². The van der Waals surface area contributed by atoms with E-state index in [0.717, 1.165) is 5.69 Å². The van der Waals surface area contributed by atoms with Gasteiger partial charge in [0.05, 0.1) is 23.6 Å². The minimum absolute atomic E-state index is 0.0387. The summed E-state index contributed by atoms with van der Waals surface area (Å²) in [6.45, 7) is 5.07. The van der Waals surface area contributed by atoms with Crippen LogP contribution in [-0.4, -0.2) is 28.1 Å². The fourth-order valence-corrected chi connectivity index (χ4v) is 2.23. The van der Waals surface area contributed by atoms with Gasteiger partial charge in [0.15, 0.2) is 11.5 Å². The molecule has 0 spiro atoms. The number of Topliss-reactive ketones (excluding diaryl/α,β-unsaturated/α-hetero) is 1. The van der Waals surface area contributed by atoms with E-state index >= 15 is 0 Å². The molecule has 2 aromatic rings. The molecule has 2 rings (SSSR count). The summed E-state index contributed by atoms with van der Waals surface area (Å²) >= 11 is 5.86. The van der Waals surface area contributed by atoms with E-state index < -0.39 is 5.97 Å². The maximum atomic E-state index is 11.9. The van der Waals surface area contributed by atoms with E-state index in [4.69, 9.17) is 16.3 Å². The van der Waals surface area contributed by atoms with Crippen LogP contribution in [0.15, 0.2) is 24.3 Å². The molecule has 0 radical (unpaired) electrons. The summed E-state index contributed by atoms with van der Waals surface area (Å²) in [5, 5.41) is 4.83. The van der Waals surface area contributed by atoms with Crippen molar-refractivity contribution in [3.8, 4) is 5.69 Å². The molecular formula is C15H15ClN2O3. The van der Waals surface area contributed by atoms with Crippen LogP contribution < -0.4 is 0 Å². The molecule has 21 heavy (non-hydrogen) atoms. The number of carbonyl (C=O) groups excluding carboxylic acids is 2. The number of ether oxygens (including phenoxy) is 1. The number of carbonyl (C=O) groups is 2. The largest absolute Gasteiger partial charge is 0.461 e. The van der Waals surface area contributed by atoms with Crippen molar-refractivity contribution in [2.75, 3.05) is 6.61 Å². The number of benzene rings is 1. The maximum Gasteiger partial charge on any atom is 0.359 e. The van der Waals surface area contributed by atoms with Gasteiger partial charge in [0.25, 0.3) is 0 Å². The summed E-state index contributed by atoms with van der Waals surface area (Å²) in [4.78, 5) is 23.8. The Labute approximate surface area is 127 Å². The maximum absolute atomic E-state index is 11.9. The molecule has 1 aromatic heterocycles. The molecule has 1 heterocycles. The van der Waals surface area contributed by atoms with Crippen LogP contribution in [0.5, 0.6) is 0 Å². The standard InChI is InChI=1S/C15H15ClN2O3/c1-4-21-15(20)14-13(10(3)19)9(2)18(17-14)12-7-5-11(16)6-8-12/h5-8H,4H2,1-3H3. The zero-order chi connectivity index (χ0) is 15.6. The second-order valence-corrected chi connectivity index (χ2v) is 4.91. The molecule has 0 saturated carbocycles. The van der Waals surface area contributed by atoms with E-state index in [2.05, 4.69) is 5.10 Å². The molecule has 0 aliphatic rings. The second kappa shape index (κ2) is 6.10. The van der Waals surface area contributed by atoms with Gasteiger partial charge in [-0.25, -0.2) is 9.48 Å². The zero-order valence-electron chi connectivity index (χ0n) is 12.0. The van der Waals surface area contributed by atoms with Gasteiger partial charge < -0.3 is 4.74 Å². The number of halogens is 1. The van der Waals surface area contributed by atoms with Crippen LogP contribution in [0.3, 0.4) is 0 Å². The Morgan fingerprint density at radius 2 is 1.90 bits per heavy atom. The lowest BCUT2D eigenvalue weighted by atomic mass is 10.1. The van der Waals surface area contributed by atoms with Gasteiger partial charge in [-0.15, -0.1) is 0 Å². The normalized spacial score (nSPS) is 10.5. The smallest absolute Gasteiger partial charge is 0.359 e. The van der Waals surface area contributed by atoms with Crippen LogP contribution in [-0.2, 0) is 4.74 Å². The number of nitrogens with zero attached hydrogens (tertiary/aromatic N) is 2. The molecule has 0 unspecified atom stereocenters. The fourth-order valence-electron chi connectivity index (χ4n) is 2.10. The first-order chi connectivity index (χ1) is 9.95. The molecule has 0 aliphatic heterocycles.